The topological polar surface area (TPSA) is 50.2 Å². The molecule has 0 atom stereocenters. The highest BCUT2D eigenvalue weighted by Gasteiger charge is 2.28. The van der Waals surface area contributed by atoms with Gasteiger partial charge >= 0.3 is 5.97 Å². The Morgan fingerprint density at radius 1 is 1.50 bits per heavy atom. The van der Waals surface area contributed by atoms with Crippen LogP contribution in [0.2, 0.25) is 0 Å². The van der Waals surface area contributed by atoms with Crippen molar-refractivity contribution < 1.29 is 9.90 Å². The van der Waals surface area contributed by atoms with E-state index in [0.717, 1.165) is 28.4 Å². The number of aliphatic carboxylic acids is 1. The fraction of sp³-hybridized carbons (Fsp3) is 0.667. The maximum Gasteiger partial charge on any atom is 0.304 e. The summed E-state index contributed by atoms with van der Waals surface area (Å²) in [6.45, 7) is 8.03. The van der Waals surface area contributed by atoms with Gasteiger partial charge in [0.15, 0.2) is 0 Å². The van der Waals surface area contributed by atoms with Crippen LogP contribution in [0.15, 0.2) is 0 Å². The SMILES string of the molecule is CCCc1nc(C)c(C(C)(C)CC(=O)O)s1. The lowest BCUT2D eigenvalue weighted by Crippen LogP contribution is -2.21. The third-order valence-corrected chi connectivity index (χ3v) is 4.10. The summed E-state index contributed by atoms with van der Waals surface area (Å²) < 4.78 is 0. The van der Waals surface area contributed by atoms with E-state index in [1.807, 2.05) is 20.8 Å². The predicted molar refractivity (Wildman–Crippen MR) is 66.1 cm³/mol. The van der Waals surface area contributed by atoms with Crippen LogP contribution < -0.4 is 0 Å². The molecule has 3 nitrogen and oxygen atoms in total. The van der Waals surface area contributed by atoms with Crippen molar-refractivity contribution in [2.45, 2.75) is 52.4 Å². The van der Waals surface area contributed by atoms with Crippen molar-refractivity contribution in [1.29, 1.82) is 0 Å². The number of carboxylic acids is 1. The highest BCUT2D eigenvalue weighted by atomic mass is 32.1. The molecular weight excluding hydrogens is 222 g/mol. The van der Waals surface area contributed by atoms with E-state index in [1.165, 1.54) is 0 Å². The van der Waals surface area contributed by atoms with Crippen molar-refractivity contribution in [3.63, 3.8) is 0 Å². The maximum absolute atomic E-state index is 10.8. The van der Waals surface area contributed by atoms with Crippen molar-refractivity contribution in [2.24, 2.45) is 0 Å². The van der Waals surface area contributed by atoms with Crippen LogP contribution in [0.1, 0.15) is 49.2 Å². The summed E-state index contributed by atoms with van der Waals surface area (Å²) >= 11 is 1.66. The first-order valence-electron chi connectivity index (χ1n) is 5.55. The zero-order chi connectivity index (χ0) is 12.3. The maximum atomic E-state index is 10.8. The van der Waals surface area contributed by atoms with Crippen LogP contribution in [0.3, 0.4) is 0 Å². The number of carbonyl (C=O) groups is 1. The summed E-state index contributed by atoms with van der Waals surface area (Å²) in [5, 5.41) is 10.0. The first kappa shape index (κ1) is 13.2. The minimum absolute atomic E-state index is 0.154. The minimum atomic E-state index is -0.755. The largest absolute Gasteiger partial charge is 0.481 e. The summed E-state index contributed by atoms with van der Waals surface area (Å²) in [7, 11) is 0. The van der Waals surface area contributed by atoms with Crippen LogP contribution in [-0.2, 0) is 16.6 Å². The highest BCUT2D eigenvalue weighted by Crippen LogP contribution is 2.34. The zero-order valence-corrected chi connectivity index (χ0v) is 11.1. The fourth-order valence-corrected chi connectivity index (χ4v) is 3.13. The average Bonchev–Trinajstić information content (AvgIpc) is 2.45. The Morgan fingerprint density at radius 2 is 2.12 bits per heavy atom. The molecule has 0 aliphatic carbocycles. The van der Waals surface area contributed by atoms with Crippen molar-refractivity contribution in [1.82, 2.24) is 4.98 Å². The Labute approximate surface area is 101 Å². The van der Waals surface area contributed by atoms with Crippen LogP contribution in [0, 0.1) is 6.92 Å². The predicted octanol–water partition coefficient (Wildman–Crippen LogP) is 3.16. The van der Waals surface area contributed by atoms with Crippen molar-refractivity contribution in [3.8, 4) is 0 Å². The normalized spacial score (nSPS) is 11.8. The van der Waals surface area contributed by atoms with E-state index in [-0.39, 0.29) is 11.8 Å². The van der Waals surface area contributed by atoms with Crippen LogP contribution in [-0.4, -0.2) is 16.1 Å². The molecular formula is C12H19NO2S. The van der Waals surface area contributed by atoms with E-state index < -0.39 is 5.97 Å². The molecule has 0 saturated carbocycles. The number of carboxylic acid groups (broad SMARTS) is 1. The number of nitrogens with zero attached hydrogens (tertiary/aromatic N) is 1. The van der Waals surface area contributed by atoms with Gasteiger partial charge in [-0.25, -0.2) is 4.98 Å². The Bertz CT molecular complexity index is 382. The van der Waals surface area contributed by atoms with Gasteiger partial charge in [0.2, 0.25) is 0 Å². The number of hydrogen-bond acceptors (Lipinski definition) is 3. The van der Waals surface area contributed by atoms with Crippen LogP contribution in [0.25, 0.3) is 0 Å². The molecule has 0 bridgehead atoms. The number of aryl methyl sites for hydroxylation is 2. The molecule has 1 aromatic heterocycles. The third kappa shape index (κ3) is 3.04. The van der Waals surface area contributed by atoms with E-state index in [4.69, 9.17) is 5.11 Å². The molecule has 90 valence electrons. The molecule has 0 unspecified atom stereocenters. The van der Waals surface area contributed by atoms with Gasteiger partial charge in [-0.2, -0.15) is 0 Å². The van der Waals surface area contributed by atoms with Gasteiger partial charge in [0, 0.05) is 10.3 Å². The van der Waals surface area contributed by atoms with Gasteiger partial charge < -0.3 is 5.11 Å². The molecule has 4 heteroatoms. The standard InChI is InChI=1S/C12H19NO2S/c1-5-6-9-13-8(2)11(16-9)12(3,4)7-10(14)15/h5-7H2,1-4H3,(H,14,15). The van der Waals surface area contributed by atoms with Gasteiger partial charge in [0.05, 0.1) is 17.1 Å². The second-order valence-electron chi connectivity index (χ2n) is 4.73. The van der Waals surface area contributed by atoms with Crippen molar-refractivity contribution in [3.05, 3.63) is 15.6 Å². The Hall–Kier alpha value is -0.900. The summed E-state index contributed by atoms with van der Waals surface area (Å²) in [5.74, 6) is -0.755. The van der Waals surface area contributed by atoms with Crippen molar-refractivity contribution in [2.75, 3.05) is 0 Å². The van der Waals surface area contributed by atoms with Crippen molar-refractivity contribution >= 4 is 17.3 Å². The minimum Gasteiger partial charge on any atom is -0.481 e. The molecule has 0 spiro atoms. The Morgan fingerprint density at radius 3 is 2.62 bits per heavy atom. The number of aromatic nitrogens is 1. The molecule has 1 rings (SSSR count). The van der Waals surface area contributed by atoms with Gasteiger partial charge in [-0.1, -0.05) is 20.8 Å². The molecule has 0 aliphatic heterocycles. The monoisotopic (exact) mass is 241 g/mol. The van der Waals surface area contributed by atoms with Crippen LogP contribution >= 0.6 is 11.3 Å². The summed E-state index contributed by atoms with van der Waals surface area (Å²) in [4.78, 5) is 16.4. The molecule has 1 aromatic rings. The lowest BCUT2D eigenvalue weighted by Gasteiger charge is -2.21. The second-order valence-corrected chi connectivity index (χ2v) is 5.81. The third-order valence-electron chi connectivity index (χ3n) is 2.51. The summed E-state index contributed by atoms with van der Waals surface area (Å²) in [6.07, 6.45) is 2.21. The van der Waals surface area contributed by atoms with Gasteiger partial charge in [0.25, 0.3) is 0 Å². The number of rotatable bonds is 5. The van der Waals surface area contributed by atoms with E-state index in [2.05, 4.69) is 11.9 Å². The fourth-order valence-electron chi connectivity index (χ4n) is 1.86. The smallest absolute Gasteiger partial charge is 0.304 e. The van der Waals surface area contributed by atoms with Gasteiger partial charge in [-0.3, -0.25) is 4.79 Å². The average molecular weight is 241 g/mol. The Balaban J connectivity index is 2.97. The molecule has 0 amide bonds. The van der Waals surface area contributed by atoms with E-state index in [0.29, 0.717) is 0 Å². The number of hydrogen-bond donors (Lipinski definition) is 1. The molecule has 0 saturated heterocycles. The van der Waals surface area contributed by atoms with E-state index in [1.54, 1.807) is 11.3 Å². The molecule has 1 heterocycles. The lowest BCUT2D eigenvalue weighted by atomic mass is 9.87. The second kappa shape index (κ2) is 4.95. The molecule has 1 N–H and O–H groups in total. The highest BCUT2D eigenvalue weighted by molar-refractivity contribution is 7.11. The van der Waals surface area contributed by atoms with E-state index in [9.17, 15) is 4.79 Å². The molecule has 0 radical (unpaired) electrons. The van der Waals surface area contributed by atoms with Gasteiger partial charge in [0.1, 0.15) is 0 Å². The molecule has 0 aromatic carbocycles. The number of thiazole rings is 1. The van der Waals surface area contributed by atoms with Crippen LogP contribution in [0.5, 0.6) is 0 Å². The van der Waals surface area contributed by atoms with Crippen LogP contribution in [0.4, 0.5) is 0 Å². The van der Waals surface area contributed by atoms with E-state index >= 15 is 0 Å². The molecule has 0 aliphatic rings. The Kier molecular flexibility index (Phi) is 4.08. The first-order valence-corrected chi connectivity index (χ1v) is 6.37. The molecule has 0 fully saturated rings. The summed E-state index contributed by atoms with van der Waals surface area (Å²) in [6, 6.07) is 0. The van der Waals surface area contributed by atoms with Gasteiger partial charge in [-0.05, 0) is 19.8 Å². The lowest BCUT2D eigenvalue weighted by molar-refractivity contribution is -0.138. The first-order chi connectivity index (χ1) is 7.36. The quantitative estimate of drug-likeness (QED) is 0.861. The zero-order valence-electron chi connectivity index (χ0n) is 10.3. The summed E-state index contributed by atoms with van der Waals surface area (Å²) in [5.41, 5.74) is 0.666. The van der Waals surface area contributed by atoms with Gasteiger partial charge in [-0.15, -0.1) is 11.3 Å². The molecule has 16 heavy (non-hydrogen) atoms.